The van der Waals surface area contributed by atoms with E-state index in [2.05, 4.69) is 240 Å². The fourth-order valence-electron chi connectivity index (χ4n) is 15.7. The van der Waals surface area contributed by atoms with E-state index in [0.717, 1.165) is 35.0 Å². The van der Waals surface area contributed by atoms with Crippen molar-refractivity contribution in [1.82, 2.24) is 4.57 Å². The number of aromatic nitrogens is 1. The minimum absolute atomic E-state index is 0.0934. The molecule has 5 aliphatic carbocycles. The minimum atomic E-state index is 0.0934. The highest BCUT2D eigenvalue weighted by molar-refractivity contribution is 6.12. The fourth-order valence-corrected chi connectivity index (χ4v) is 15.7. The summed E-state index contributed by atoms with van der Waals surface area (Å²) in [6, 6.07) is 86.8. The van der Waals surface area contributed by atoms with Crippen LogP contribution < -0.4 is 4.90 Å². The Morgan fingerprint density at radius 3 is 1.78 bits per heavy atom. The molecule has 326 valence electrons. The summed E-state index contributed by atoms with van der Waals surface area (Å²) in [4.78, 5) is 2.62. The second-order valence-electron chi connectivity index (χ2n) is 20.7. The Hall–Kier alpha value is -7.94. The molecule has 0 amide bonds. The van der Waals surface area contributed by atoms with Crippen molar-refractivity contribution in [2.75, 3.05) is 4.90 Å². The highest BCUT2D eigenvalue weighted by Gasteiger charge is 2.90. The molecule has 16 rings (SSSR count). The van der Waals surface area contributed by atoms with E-state index in [0.29, 0.717) is 5.41 Å². The zero-order valence-corrected chi connectivity index (χ0v) is 38.3. The first-order valence-corrected chi connectivity index (χ1v) is 25.1. The summed E-state index contributed by atoms with van der Waals surface area (Å²) in [7, 11) is 0. The van der Waals surface area contributed by atoms with Crippen molar-refractivity contribution >= 4 is 49.6 Å². The van der Waals surface area contributed by atoms with E-state index in [4.69, 9.17) is 0 Å². The predicted molar refractivity (Wildman–Crippen MR) is 286 cm³/mol. The average Bonchev–Trinajstić information content (AvgIpc) is 3.89. The second-order valence-corrected chi connectivity index (χ2v) is 20.7. The lowest BCUT2D eigenvalue weighted by molar-refractivity contribution is -0.412. The van der Waals surface area contributed by atoms with E-state index in [1.165, 1.54) is 108 Å². The molecule has 0 radical (unpaired) electrons. The highest BCUT2D eigenvalue weighted by atomic mass is 15.1. The third-order valence-corrected chi connectivity index (χ3v) is 18.3. The van der Waals surface area contributed by atoms with E-state index in [1.807, 2.05) is 0 Å². The molecule has 2 heteroatoms. The van der Waals surface area contributed by atoms with E-state index in [9.17, 15) is 0 Å². The lowest BCUT2D eigenvalue weighted by atomic mass is 9.11. The summed E-state index contributed by atoms with van der Waals surface area (Å²) < 4.78 is 2.44. The third-order valence-electron chi connectivity index (χ3n) is 18.3. The molecule has 11 aromatic rings. The van der Waals surface area contributed by atoms with Crippen molar-refractivity contribution < 1.29 is 0 Å². The van der Waals surface area contributed by atoms with Crippen molar-refractivity contribution in [2.24, 2.45) is 29.1 Å². The summed E-state index contributed by atoms with van der Waals surface area (Å²) in [5.74, 6) is 3.39. The molecule has 1 heterocycles. The molecular formula is C67H48N2. The molecule has 2 spiro atoms. The van der Waals surface area contributed by atoms with Crippen LogP contribution in [0.15, 0.2) is 231 Å². The molecule has 10 aromatic carbocycles. The number of hydrogen-bond donors (Lipinski definition) is 0. The van der Waals surface area contributed by atoms with Gasteiger partial charge in [-0.2, -0.15) is 0 Å². The molecule has 0 bridgehead atoms. The summed E-state index contributed by atoms with van der Waals surface area (Å²) in [6.07, 6.45) is 4.23. The Kier molecular flexibility index (Phi) is 7.63. The number of hydrogen-bond acceptors (Lipinski definition) is 1. The first-order chi connectivity index (χ1) is 34.2. The van der Waals surface area contributed by atoms with Crippen LogP contribution in [0.4, 0.5) is 17.1 Å². The quantitative estimate of drug-likeness (QED) is 0.155. The van der Waals surface area contributed by atoms with Crippen LogP contribution in [0.5, 0.6) is 0 Å². The number of benzene rings is 10. The van der Waals surface area contributed by atoms with Gasteiger partial charge >= 0.3 is 0 Å². The first-order valence-electron chi connectivity index (χ1n) is 25.1. The number of fused-ring (bicyclic) bond motifs is 11. The van der Waals surface area contributed by atoms with Crippen LogP contribution in [0.2, 0.25) is 0 Å². The molecule has 4 unspecified atom stereocenters. The molecule has 0 N–H and O–H groups in total. The van der Waals surface area contributed by atoms with Crippen molar-refractivity contribution in [3.63, 3.8) is 0 Å². The largest absolute Gasteiger partial charge is 0.309 e. The van der Waals surface area contributed by atoms with E-state index in [1.54, 1.807) is 11.1 Å². The Labute approximate surface area is 402 Å². The van der Waals surface area contributed by atoms with E-state index >= 15 is 0 Å². The van der Waals surface area contributed by atoms with Gasteiger partial charge in [0.15, 0.2) is 0 Å². The number of para-hydroxylation sites is 4. The van der Waals surface area contributed by atoms with Crippen LogP contribution in [-0.2, 0) is 5.41 Å². The SMILES string of the molecule is c1ccc(-c2cccc3cccc(-c4ccccc4N(c4ccc5c(c4)C4(c6ccccc6-5)C5CC6CC7CC4C675)c4ccccc4-c4ccc5c6ccccc6n(-c6ccccc6)c5c4)c23)cc1. The standard InChI is InChI=1S/C67H48N2/c1-3-17-42(18-4-1)50-27-15-19-43-20-16-28-56(65(43)50)54-26-10-14-32-61(54)69(48-34-36-52-51-24-7-11-29-57(51)67(58(52)41-48)63-39-45-38-46-40-64(67)66(45,46)63)59-30-12-8-23-49(59)44-33-35-55-53-25-9-13-31-60(53)68(62(55)37-44)47-21-5-2-6-22-47/h1-37,41,45-46,63-64H,38-40H2. The summed E-state index contributed by atoms with van der Waals surface area (Å²) in [5, 5.41) is 5.03. The van der Waals surface area contributed by atoms with Crippen LogP contribution >= 0.6 is 0 Å². The van der Waals surface area contributed by atoms with Gasteiger partial charge in [-0.15, -0.1) is 0 Å². The number of nitrogens with zero attached hydrogens (tertiary/aromatic N) is 2. The van der Waals surface area contributed by atoms with Gasteiger partial charge in [0.05, 0.1) is 22.4 Å². The second kappa shape index (κ2) is 13.8. The monoisotopic (exact) mass is 880 g/mol. The highest BCUT2D eigenvalue weighted by Crippen LogP contribution is 2.95. The van der Waals surface area contributed by atoms with Gasteiger partial charge in [0.25, 0.3) is 0 Å². The van der Waals surface area contributed by atoms with Crippen molar-refractivity contribution in [2.45, 2.75) is 24.7 Å². The van der Waals surface area contributed by atoms with Crippen molar-refractivity contribution in [1.29, 1.82) is 0 Å². The molecule has 5 aliphatic rings. The van der Waals surface area contributed by atoms with Gasteiger partial charge in [-0.25, -0.2) is 0 Å². The van der Waals surface area contributed by atoms with Gasteiger partial charge in [-0.05, 0) is 152 Å². The summed E-state index contributed by atoms with van der Waals surface area (Å²) >= 11 is 0. The van der Waals surface area contributed by atoms with Gasteiger partial charge in [0, 0.05) is 38.7 Å². The lowest BCUT2D eigenvalue weighted by Gasteiger charge is -2.92. The maximum atomic E-state index is 2.66. The van der Waals surface area contributed by atoms with Gasteiger partial charge in [0.2, 0.25) is 0 Å². The van der Waals surface area contributed by atoms with Gasteiger partial charge in [0.1, 0.15) is 0 Å². The average molecular weight is 881 g/mol. The fraction of sp³-hybridized carbons (Fsp3) is 0.134. The Morgan fingerprint density at radius 2 is 1.00 bits per heavy atom. The summed E-state index contributed by atoms with van der Waals surface area (Å²) in [6.45, 7) is 0. The van der Waals surface area contributed by atoms with E-state index in [-0.39, 0.29) is 5.41 Å². The normalized spacial score (nSPS) is 23.0. The van der Waals surface area contributed by atoms with Crippen LogP contribution in [0.25, 0.3) is 82.8 Å². The topological polar surface area (TPSA) is 8.17 Å². The van der Waals surface area contributed by atoms with E-state index < -0.39 is 0 Å². The van der Waals surface area contributed by atoms with Crippen LogP contribution in [0, 0.1) is 29.1 Å². The maximum absolute atomic E-state index is 2.66. The molecule has 1 aromatic heterocycles. The molecule has 4 atom stereocenters. The molecule has 69 heavy (non-hydrogen) atoms. The Bertz CT molecular complexity index is 3910. The number of anilines is 3. The van der Waals surface area contributed by atoms with Crippen LogP contribution in [0.3, 0.4) is 0 Å². The van der Waals surface area contributed by atoms with Crippen LogP contribution in [-0.4, -0.2) is 4.57 Å². The zero-order valence-electron chi connectivity index (χ0n) is 38.3. The zero-order chi connectivity index (χ0) is 45.0. The minimum Gasteiger partial charge on any atom is -0.309 e. The Balaban J connectivity index is 0.950. The summed E-state index contributed by atoms with van der Waals surface area (Å²) in [5.41, 5.74) is 21.2. The third kappa shape index (κ3) is 4.77. The smallest absolute Gasteiger partial charge is 0.0547 e. The molecule has 4 fully saturated rings. The Morgan fingerprint density at radius 1 is 0.391 bits per heavy atom. The molecule has 4 saturated carbocycles. The first kappa shape index (κ1) is 38.1. The van der Waals surface area contributed by atoms with Gasteiger partial charge < -0.3 is 9.47 Å². The predicted octanol–water partition coefficient (Wildman–Crippen LogP) is 17.4. The van der Waals surface area contributed by atoms with Crippen molar-refractivity contribution in [3.8, 4) is 50.2 Å². The van der Waals surface area contributed by atoms with Crippen LogP contribution in [0.1, 0.15) is 30.4 Å². The lowest BCUT2D eigenvalue weighted by Crippen LogP contribution is -2.88. The van der Waals surface area contributed by atoms with Gasteiger partial charge in [-0.1, -0.05) is 182 Å². The van der Waals surface area contributed by atoms with Gasteiger partial charge in [-0.3, -0.25) is 0 Å². The molecular weight excluding hydrogens is 833 g/mol. The molecule has 0 aliphatic heterocycles. The number of rotatable bonds is 7. The molecule has 0 saturated heterocycles. The van der Waals surface area contributed by atoms with Crippen molar-refractivity contribution in [3.05, 3.63) is 242 Å². The maximum Gasteiger partial charge on any atom is 0.0547 e. The molecule has 2 nitrogen and oxygen atoms in total.